The van der Waals surface area contributed by atoms with Crippen molar-refractivity contribution in [2.45, 2.75) is 13.0 Å². The normalized spacial score (nSPS) is 12.3. The van der Waals surface area contributed by atoms with Crippen molar-refractivity contribution in [1.82, 2.24) is 0 Å². The average molecular weight is 281 g/mol. The van der Waals surface area contributed by atoms with Crippen LogP contribution in [0.3, 0.4) is 0 Å². The van der Waals surface area contributed by atoms with Crippen LogP contribution >= 0.6 is 11.6 Å². The van der Waals surface area contributed by atoms with Gasteiger partial charge >= 0.3 is 0 Å². The highest BCUT2D eigenvalue weighted by atomic mass is 35.5. The van der Waals surface area contributed by atoms with E-state index < -0.39 is 11.9 Å². The Morgan fingerprint density at radius 1 is 1.21 bits per heavy atom. The first-order chi connectivity index (χ1) is 9.04. The van der Waals surface area contributed by atoms with Gasteiger partial charge in [0.25, 0.3) is 0 Å². The highest BCUT2D eigenvalue weighted by Gasteiger charge is 2.19. The van der Waals surface area contributed by atoms with E-state index in [1.807, 2.05) is 6.92 Å². The Hall–Kier alpha value is -1.58. The third-order valence-corrected chi connectivity index (χ3v) is 3.27. The number of hydrogen-bond donors (Lipinski definition) is 1. The number of hydrogen-bond acceptors (Lipinski definition) is 2. The minimum Gasteiger partial charge on any atom is -0.494 e. The highest BCUT2D eigenvalue weighted by Crippen LogP contribution is 2.31. The average Bonchev–Trinajstić information content (AvgIpc) is 2.38. The second kappa shape index (κ2) is 5.59. The van der Waals surface area contributed by atoms with Crippen molar-refractivity contribution in [3.63, 3.8) is 0 Å². The van der Waals surface area contributed by atoms with Gasteiger partial charge in [0.15, 0.2) is 11.6 Å². The predicted molar refractivity (Wildman–Crippen MR) is 73.2 cm³/mol. The summed E-state index contributed by atoms with van der Waals surface area (Å²) in [5, 5.41) is 10.9. The van der Waals surface area contributed by atoms with Crippen molar-refractivity contribution in [1.29, 1.82) is 0 Å². The molecule has 0 heterocycles. The molecular weight excluding hydrogens is 267 g/mol. The van der Waals surface area contributed by atoms with Gasteiger partial charge in [-0.3, -0.25) is 0 Å². The lowest BCUT2D eigenvalue weighted by atomic mass is 9.97. The Bertz CT molecular complexity index is 599. The number of rotatable bonds is 3. The molecule has 100 valence electrons. The van der Waals surface area contributed by atoms with Gasteiger partial charge in [0.05, 0.1) is 7.11 Å². The van der Waals surface area contributed by atoms with Crippen LogP contribution in [0.25, 0.3) is 0 Å². The van der Waals surface area contributed by atoms with Gasteiger partial charge < -0.3 is 9.84 Å². The van der Waals surface area contributed by atoms with Crippen LogP contribution in [0.15, 0.2) is 36.4 Å². The number of ether oxygens (including phenoxy) is 1. The summed E-state index contributed by atoms with van der Waals surface area (Å²) in [4.78, 5) is 0. The van der Waals surface area contributed by atoms with Crippen molar-refractivity contribution in [3.8, 4) is 5.75 Å². The fraction of sp³-hybridized carbons (Fsp3) is 0.200. The van der Waals surface area contributed by atoms with E-state index in [1.165, 1.54) is 19.2 Å². The molecule has 2 rings (SSSR count). The number of aryl methyl sites for hydroxylation is 1. The van der Waals surface area contributed by atoms with Crippen LogP contribution in [0, 0.1) is 12.7 Å². The summed E-state index contributed by atoms with van der Waals surface area (Å²) in [6.45, 7) is 1.82. The first kappa shape index (κ1) is 13.8. The zero-order valence-corrected chi connectivity index (χ0v) is 11.4. The molecule has 0 aliphatic heterocycles. The number of aliphatic hydroxyl groups excluding tert-OH is 1. The summed E-state index contributed by atoms with van der Waals surface area (Å²) < 4.78 is 19.0. The summed E-state index contributed by atoms with van der Waals surface area (Å²) >= 11 is 5.87. The number of halogens is 2. The first-order valence-electron chi connectivity index (χ1n) is 5.81. The zero-order chi connectivity index (χ0) is 14.0. The SMILES string of the molecule is COc1cccc(C(O)c2ccc(Cl)cc2C)c1F. The Morgan fingerprint density at radius 3 is 2.58 bits per heavy atom. The summed E-state index contributed by atoms with van der Waals surface area (Å²) in [7, 11) is 1.39. The Balaban J connectivity index is 2.47. The van der Waals surface area contributed by atoms with Crippen LogP contribution in [0.2, 0.25) is 5.02 Å². The van der Waals surface area contributed by atoms with Crippen molar-refractivity contribution in [2.75, 3.05) is 7.11 Å². The van der Waals surface area contributed by atoms with E-state index in [0.717, 1.165) is 5.56 Å². The van der Waals surface area contributed by atoms with E-state index in [2.05, 4.69) is 0 Å². The molecule has 0 saturated carbocycles. The zero-order valence-electron chi connectivity index (χ0n) is 10.7. The molecule has 0 bridgehead atoms. The molecule has 19 heavy (non-hydrogen) atoms. The van der Waals surface area contributed by atoms with E-state index in [0.29, 0.717) is 10.6 Å². The molecule has 0 amide bonds. The molecule has 1 atom stereocenters. The molecule has 0 radical (unpaired) electrons. The molecule has 2 aromatic carbocycles. The number of aliphatic hydroxyl groups is 1. The predicted octanol–water partition coefficient (Wildman–Crippen LogP) is 3.88. The molecule has 1 unspecified atom stereocenters. The standard InChI is InChI=1S/C15H14ClFO2/c1-9-8-10(16)6-7-11(9)15(18)12-4-3-5-13(19-2)14(12)17/h3-8,15,18H,1-2H3. The summed E-state index contributed by atoms with van der Waals surface area (Å²) in [5.74, 6) is -0.435. The van der Waals surface area contributed by atoms with Crippen LogP contribution in [-0.2, 0) is 0 Å². The molecule has 0 aliphatic carbocycles. The molecule has 0 spiro atoms. The van der Waals surface area contributed by atoms with Crippen molar-refractivity contribution in [2.24, 2.45) is 0 Å². The maximum absolute atomic E-state index is 14.1. The van der Waals surface area contributed by atoms with Crippen LogP contribution in [0.1, 0.15) is 22.8 Å². The Labute approximate surface area is 116 Å². The van der Waals surface area contributed by atoms with E-state index in [9.17, 15) is 9.50 Å². The lowest BCUT2D eigenvalue weighted by Gasteiger charge is -2.16. The molecule has 0 fully saturated rings. The third kappa shape index (κ3) is 2.72. The molecule has 0 aromatic heterocycles. The van der Waals surface area contributed by atoms with Gasteiger partial charge in [-0.1, -0.05) is 29.8 Å². The minimum absolute atomic E-state index is 0.114. The molecule has 4 heteroatoms. The van der Waals surface area contributed by atoms with Crippen LogP contribution in [0.4, 0.5) is 4.39 Å². The van der Waals surface area contributed by atoms with E-state index in [4.69, 9.17) is 16.3 Å². The summed E-state index contributed by atoms with van der Waals surface area (Å²) in [6.07, 6.45) is -1.05. The van der Waals surface area contributed by atoms with Gasteiger partial charge in [0.2, 0.25) is 0 Å². The quantitative estimate of drug-likeness (QED) is 0.924. The van der Waals surface area contributed by atoms with E-state index >= 15 is 0 Å². The Morgan fingerprint density at radius 2 is 1.95 bits per heavy atom. The van der Waals surface area contributed by atoms with Crippen molar-refractivity contribution >= 4 is 11.6 Å². The third-order valence-electron chi connectivity index (χ3n) is 3.03. The van der Waals surface area contributed by atoms with Crippen molar-refractivity contribution < 1.29 is 14.2 Å². The van der Waals surface area contributed by atoms with Crippen LogP contribution in [-0.4, -0.2) is 12.2 Å². The van der Waals surface area contributed by atoms with E-state index in [1.54, 1.807) is 24.3 Å². The molecule has 2 nitrogen and oxygen atoms in total. The highest BCUT2D eigenvalue weighted by molar-refractivity contribution is 6.30. The lowest BCUT2D eigenvalue weighted by molar-refractivity contribution is 0.212. The maximum Gasteiger partial charge on any atom is 0.171 e. The molecule has 0 aliphatic rings. The molecule has 2 aromatic rings. The maximum atomic E-state index is 14.1. The largest absolute Gasteiger partial charge is 0.494 e. The van der Waals surface area contributed by atoms with E-state index in [-0.39, 0.29) is 11.3 Å². The second-order valence-electron chi connectivity index (χ2n) is 4.27. The van der Waals surface area contributed by atoms with Gasteiger partial charge in [-0.05, 0) is 36.2 Å². The van der Waals surface area contributed by atoms with Gasteiger partial charge in [-0.2, -0.15) is 0 Å². The fourth-order valence-corrected chi connectivity index (χ4v) is 2.24. The van der Waals surface area contributed by atoms with Gasteiger partial charge in [-0.15, -0.1) is 0 Å². The number of methoxy groups -OCH3 is 1. The lowest BCUT2D eigenvalue weighted by Crippen LogP contribution is -2.05. The van der Waals surface area contributed by atoms with Gasteiger partial charge in [-0.25, -0.2) is 4.39 Å². The monoisotopic (exact) mass is 280 g/mol. The summed E-state index contributed by atoms with van der Waals surface area (Å²) in [5.41, 5.74) is 1.61. The van der Waals surface area contributed by atoms with Crippen LogP contribution in [0.5, 0.6) is 5.75 Å². The molecule has 0 saturated heterocycles. The van der Waals surface area contributed by atoms with Gasteiger partial charge in [0.1, 0.15) is 6.10 Å². The number of benzene rings is 2. The first-order valence-corrected chi connectivity index (χ1v) is 6.19. The van der Waals surface area contributed by atoms with Crippen molar-refractivity contribution in [3.05, 3.63) is 63.9 Å². The second-order valence-corrected chi connectivity index (χ2v) is 4.70. The fourth-order valence-electron chi connectivity index (χ4n) is 2.01. The molecular formula is C15H14ClFO2. The molecule has 1 N–H and O–H groups in total. The Kier molecular flexibility index (Phi) is 4.08. The summed E-state index contributed by atoms with van der Waals surface area (Å²) in [6, 6.07) is 9.80. The smallest absolute Gasteiger partial charge is 0.171 e. The van der Waals surface area contributed by atoms with Gasteiger partial charge in [0, 0.05) is 10.6 Å². The topological polar surface area (TPSA) is 29.5 Å². The van der Waals surface area contributed by atoms with Crippen LogP contribution < -0.4 is 4.74 Å². The minimum atomic E-state index is -1.05.